The van der Waals surface area contributed by atoms with E-state index in [1.807, 2.05) is 11.3 Å². The monoisotopic (exact) mass is 694 g/mol. The summed E-state index contributed by atoms with van der Waals surface area (Å²) in [6, 6.07) is 60.6. The zero-order valence-electron chi connectivity index (χ0n) is 29.0. The molecule has 10 aromatic rings. The number of nitrogens with zero attached hydrogens (tertiary/aromatic N) is 2. The Balaban J connectivity index is 1.11. The molecule has 3 heterocycles. The van der Waals surface area contributed by atoms with Crippen molar-refractivity contribution in [3.05, 3.63) is 188 Å². The maximum atomic E-state index is 2.50. The van der Waals surface area contributed by atoms with E-state index in [1.54, 1.807) is 0 Å². The summed E-state index contributed by atoms with van der Waals surface area (Å²) < 4.78 is 7.60. The molecule has 250 valence electrons. The number of hydrogen-bond donors (Lipinski definition) is 0. The van der Waals surface area contributed by atoms with Crippen LogP contribution in [0.15, 0.2) is 182 Å². The molecule has 0 bridgehead atoms. The van der Waals surface area contributed by atoms with E-state index in [-0.39, 0.29) is 0 Å². The second kappa shape index (κ2) is 12.1. The molecule has 0 N–H and O–H groups in total. The zero-order valence-corrected chi connectivity index (χ0v) is 29.9. The van der Waals surface area contributed by atoms with Crippen LogP contribution in [0.1, 0.15) is 18.5 Å². The van der Waals surface area contributed by atoms with Crippen LogP contribution in [0.2, 0.25) is 0 Å². The van der Waals surface area contributed by atoms with Gasteiger partial charge in [0.05, 0.1) is 28.1 Å². The molecule has 7 aromatic carbocycles. The number of fused-ring (bicyclic) bond motifs is 6. The molecular formula is C50H34N2S. The van der Waals surface area contributed by atoms with Crippen LogP contribution in [0.5, 0.6) is 0 Å². The number of rotatable bonds is 5. The van der Waals surface area contributed by atoms with Crippen LogP contribution in [-0.2, 0) is 0 Å². The van der Waals surface area contributed by atoms with Gasteiger partial charge in [-0.3, -0.25) is 0 Å². The lowest BCUT2D eigenvalue weighted by atomic mass is 10.0. The van der Waals surface area contributed by atoms with E-state index < -0.39 is 0 Å². The first-order valence-corrected chi connectivity index (χ1v) is 19.2. The lowest BCUT2D eigenvalue weighted by Crippen LogP contribution is -2.01. The van der Waals surface area contributed by atoms with Crippen molar-refractivity contribution in [3.8, 4) is 33.8 Å². The highest BCUT2D eigenvalue weighted by atomic mass is 32.1. The van der Waals surface area contributed by atoms with Gasteiger partial charge in [-0.15, -0.1) is 11.3 Å². The van der Waals surface area contributed by atoms with E-state index in [4.69, 9.17) is 0 Å². The van der Waals surface area contributed by atoms with Gasteiger partial charge in [-0.1, -0.05) is 121 Å². The molecule has 0 radical (unpaired) electrons. The van der Waals surface area contributed by atoms with E-state index in [0.29, 0.717) is 0 Å². The molecule has 3 aromatic heterocycles. The van der Waals surface area contributed by atoms with Crippen molar-refractivity contribution in [2.24, 2.45) is 0 Å². The highest BCUT2D eigenvalue weighted by Gasteiger charge is 2.19. The Hall–Kier alpha value is -6.42. The molecule has 0 unspecified atom stereocenters. The van der Waals surface area contributed by atoms with Gasteiger partial charge in [0, 0.05) is 42.0 Å². The fraction of sp³-hybridized carbons (Fsp3) is 0.0400. The van der Waals surface area contributed by atoms with E-state index in [0.717, 1.165) is 12.8 Å². The molecule has 0 saturated heterocycles. The first-order chi connectivity index (χ1) is 26.3. The first kappa shape index (κ1) is 30.2. The molecule has 0 aliphatic heterocycles. The maximum Gasteiger partial charge on any atom is 0.0541 e. The standard InChI is InChI=1S/C50H34N2S/c1-3-13-34(14-4-1)46-30-38-23-22-37(29-48(38)51(46)40-25-27-50-43(32-40)42-19-9-10-21-49(42)53-50)36-24-26-44-39(28-36)31-47(35-15-5-2-6-16-35)52(44)45-20-11-17-33-12-7-8-18-41(33)45/h1-3,5-13,15-32H,4,14H2. The smallest absolute Gasteiger partial charge is 0.0541 e. The van der Waals surface area contributed by atoms with Crippen LogP contribution in [0.25, 0.3) is 92.1 Å². The van der Waals surface area contributed by atoms with Crippen LogP contribution >= 0.6 is 11.3 Å². The summed E-state index contributed by atoms with van der Waals surface area (Å²) in [5.74, 6) is 0. The summed E-state index contributed by atoms with van der Waals surface area (Å²) in [7, 11) is 0. The molecule has 53 heavy (non-hydrogen) atoms. The highest BCUT2D eigenvalue weighted by Crippen LogP contribution is 2.40. The Morgan fingerprint density at radius 3 is 2.13 bits per heavy atom. The molecule has 0 amide bonds. The van der Waals surface area contributed by atoms with Crippen molar-refractivity contribution in [3.63, 3.8) is 0 Å². The van der Waals surface area contributed by atoms with Crippen LogP contribution in [0.4, 0.5) is 0 Å². The van der Waals surface area contributed by atoms with Crippen LogP contribution in [0.3, 0.4) is 0 Å². The normalized spacial score (nSPS) is 13.2. The summed E-state index contributed by atoms with van der Waals surface area (Å²) in [4.78, 5) is 0. The molecule has 0 fully saturated rings. The predicted octanol–water partition coefficient (Wildman–Crippen LogP) is 14.2. The third-order valence-corrected chi connectivity index (χ3v) is 12.1. The maximum absolute atomic E-state index is 2.50. The number of benzene rings is 7. The van der Waals surface area contributed by atoms with Crippen LogP contribution in [0, 0.1) is 0 Å². The van der Waals surface area contributed by atoms with Crippen molar-refractivity contribution < 1.29 is 0 Å². The van der Waals surface area contributed by atoms with Crippen molar-refractivity contribution >= 4 is 69.7 Å². The Kier molecular flexibility index (Phi) is 6.89. The molecule has 3 heteroatoms. The molecule has 0 spiro atoms. The fourth-order valence-electron chi connectivity index (χ4n) is 8.44. The summed E-state index contributed by atoms with van der Waals surface area (Å²) >= 11 is 1.87. The highest BCUT2D eigenvalue weighted by molar-refractivity contribution is 7.25. The SMILES string of the molecule is C1=CCCC(c2cc3ccc(-c4ccc5c(c4)cc(-c4ccccc4)n5-c4cccc5ccccc45)cc3n2-c2ccc3sc4ccccc4c3c2)=C1. The largest absolute Gasteiger partial charge is 0.310 e. The molecule has 1 aliphatic rings. The van der Waals surface area contributed by atoms with E-state index >= 15 is 0 Å². The summed E-state index contributed by atoms with van der Waals surface area (Å²) in [5.41, 5.74) is 12.3. The topological polar surface area (TPSA) is 9.86 Å². The van der Waals surface area contributed by atoms with Crippen LogP contribution in [-0.4, -0.2) is 9.13 Å². The lowest BCUT2D eigenvalue weighted by Gasteiger charge is -2.16. The van der Waals surface area contributed by atoms with Gasteiger partial charge >= 0.3 is 0 Å². The minimum Gasteiger partial charge on any atom is -0.310 e. The second-order valence-electron chi connectivity index (χ2n) is 14.1. The van der Waals surface area contributed by atoms with E-state index in [9.17, 15) is 0 Å². The molecule has 1 aliphatic carbocycles. The van der Waals surface area contributed by atoms with Gasteiger partial charge in [0.1, 0.15) is 0 Å². The van der Waals surface area contributed by atoms with Crippen molar-refractivity contribution in [1.82, 2.24) is 9.13 Å². The average Bonchev–Trinajstić information content (AvgIpc) is 3.92. The van der Waals surface area contributed by atoms with Crippen molar-refractivity contribution in [2.75, 3.05) is 0 Å². The van der Waals surface area contributed by atoms with Gasteiger partial charge in [0.15, 0.2) is 0 Å². The molecule has 0 saturated carbocycles. The van der Waals surface area contributed by atoms with Gasteiger partial charge in [-0.2, -0.15) is 0 Å². The third kappa shape index (κ3) is 4.92. The number of hydrogen-bond acceptors (Lipinski definition) is 1. The van der Waals surface area contributed by atoms with Crippen molar-refractivity contribution in [2.45, 2.75) is 12.8 Å². The second-order valence-corrected chi connectivity index (χ2v) is 15.2. The molecule has 11 rings (SSSR count). The van der Waals surface area contributed by atoms with Crippen molar-refractivity contribution in [1.29, 1.82) is 0 Å². The summed E-state index contributed by atoms with van der Waals surface area (Å²) in [5, 5.41) is 7.60. The van der Waals surface area contributed by atoms with Gasteiger partial charge < -0.3 is 9.13 Å². The molecule has 2 nitrogen and oxygen atoms in total. The minimum absolute atomic E-state index is 1.04. The number of allylic oxidation sites excluding steroid dienone is 4. The van der Waals surface area contributed by atoms with Gasteiger partial charge in [-0.25, -0.2) is 0 Å². The minimum atomic E-state index is 1.04. The summed E-state index contributed by atoms with van der Waals surface area (Å²) in [6.45, 7) is 0. The van der Waals surface area contributed by atoms with E-state index in [2.05, 4.69) is 191 Å². The Morgan fingerprint density at radius 1 is 0.453 bits per heavy atom. The number of aromatic nitrogens is 2. The average molecular weight is 695 g/mol. The molecule has 0 atom stereocenters. The van der Waals surface area contributed by atoms with Gasteiger partial charge in [0.25, 0.3) is 0 Å². The van der Waals surface area contributed by atoms with Gasteiger partial charge in [-0.05, 0) is 101 Å². The quantitative estimate of drug-likeness (QED) is 0.170. The van der Waals surface area contributed by atoms with E-state index in [1.165, 1.54) is 97.8 Å². The fourth-order valence-corrected chi connectivity index (χ4v) is 9.53. The van der Waals surface area contributed by atoms with Crippen LogP contribution < -0.4 is 0 Å². The first-order valence-electron chi connectivity index (χ1n) is 18.4. The zero-order chi connectivity index (χ0) is 34.9. The Labute approximate surface area is 311 Å². The predicted molar refractivity (Wildman–Crippen MR) is 228 cm³/mol. The lowest BCUT2D eigenvalue weighted by molar-refractivity contribution is 1.01. The Morgan fingerprint density at radius 2 is 1.23 bits per heavy atom. The summed E-state index contributed by atoms with van der Waals surface area (Å²) in [6.07, 6.45) is 8.89. The van der Waals surface area contributed by atoms with Gasteiger partial charge in [0.2, 0.25) is 0 Å². The third-order valence-electron chi connectivity index (χ3n) is 11.0. The Bertz CT molecular complexity index is 3110. The number of thiophene rings is 1. The molecular weight excluding hydrogens is 661 g/mol.